The van der Waals surface area contributed by atoms with Crippen LogP contribution in [0, 0.1) is 0 Å². The molecule has 0 saturated heterocycles. The first-order valence-corrected chi connectivity index (χ1v) is 9.13. The molecule has 7 nitrogen and oxygen atoms in total. The fraction of sp³-hybridized carbons (Fsp3) is 0.350. The van der Waals surface area contributed by atoms with Crippen LogP contribution in [0.2, 0.25) is 0 Å². The molecule has 2 heterocycles. The number of amides is 2. The normalized spacial score (nSPS) is 10.9. The Morgan fingerprint density at radius 2 is 2.04 bits per heavy atom. The van der Waals surface area contributed by atoms with Crippen molar-refractivity contribution in [3.05, 3.63) is 47.9 Å². The summed E-state index contributed by atoms with van der Waals surface area (Å²) in [5.74, 6) is -0.290. The molecule has 0 saturated carbocycles. The predicted octanol–water partition coefficient (Wildman–Crippen LogP) is 3.05. The van der Waals surface area contributed by atoms with Crippen LogP contribution >= 0.6 is 0 Å². The summed E-state index contributed by atoms with van der Waals surface area (Å²) in [6.07, 6.45) is 5.47. The smallest absolute Gasteiger partial charge is 0.273 e. The van der Waals surface area contributed by atoms with Gasteiger partial charge in [0.25, 0.3) is 5.91 Å². The molecule has 0 aliphatic rings. The fourth-order valence-corrected chi connectivity index (χ4v) is 3.14. The Kier molecular flexibility index (Phi) is 5.59. The molecule has 2 amide bonds. The average Bonchev–Trinajstić information content (AvgIpc) is 3.25. The first-order chi connectivity index (χ1) is 13.0. The van der Waals surface area contributed by atoms with Gasteiger partial charge in [0, 0.05) is 44.2 Å². The van der Waals surface area contributed by atoms with Crippen LogP contribution < -0.4 is 5.32 Å². The van der Waals surface area contributed by atoms with Gasteiger partial charge in [0.2, 0.25) is 5.91 Å². The number of carbonyl (C=O) groups is 2. The summed E-state index contributed by atoms with van der Waals surface area (Å²) < 4.78 is 1.60. The molecule has 0 fully saturated rings. The summed E-state index contributed by atoms with van der Waals surface area (Å²) >= 11 is 0. The summed E-state index contributed by atoms with van der Waals surface area (Å²) in [4.78, 5) is 29.5. The van der Waals surface area contributed by atoms with Gasteiger partial charge >= 0.3 is 0 Å². The molecule has 0 unspecified atom stereocenters. The number of benzene rings is 1. The van der Waals surface area contributed by atoms with Gasteiger partial charge in [0.05, 0.1) is 11.9 Å². The minimum absolute atomic E-state index is 0.113. The van der Waals surface area contributed by atoms with E-state index in [1.54, 1.807) is 18.8 Å². The van der Waals surface area contributed by atoms with Crippen molar-refractivity contribution in [3.8, 4) is 0 Å². The maximum Gasteiger partial charge on any atom is 0.273 e. The summed E-state index contributed by atoms with van der Waals surface area (Å²) in [6, 6.07) is 8.14. The number of nitrogens with one attached hydrogen (secondary N) is 2. The summed E-state index contributed by atoms with van der Waals surface area (Å²) in [5, 5.41) is 8.23. The van der Waals surface area contributed by atoms with Gasteiger partial charge < -0.3 is 15.2 Å². The van der Waals surface area contributed by atoms with Crippen LogP contribution in [0.15, 0.2) is 36.7 Å². The van der Waals surface area contributed by atoms with Crippen LogP contribution in [-0.4, -0.2) is 45.6 Å². The van der Waals surface area contributed by atoms with E-state index >= 15 is 0 Å². The van der Waals surface area contributed by atoms with Crippen molar-refractivity contribution < 1.29 is 9.59 Å². The van der Waals surface area contributed by atoms with Crippen LogP contribution in [0.5, 0.6) is 0 Å². The SMILES string of the molecule is CCn1ncc(NC(=O)CCCc2c[nH]c3ccccc23)c1C(=O)N(C)C. The molecule has 1 aromatic carbocycles. The van der Waals surface area contributed by atoms with E-state index in [1.165, 1.54) is 22.0 Å². The van der Waals surface area contributed by atoms with Gasteiger partial charge in [0.15, 0.2) is 0 Å². The zero-order chi connectivity index (χ0) is 19.4. The standard InChI is InChI=1S/C20H25N5O2/c1-4-25-19(20(27)24(2)3)17(13-22-25)23-18(26)11-7-8-14-12-21-16-10-6-5-9-15(14)16/h5-6,9-10,12-13,21H,4,7-8,11H2,1-3H3,(H,23,26). The number of aromatic amines is 1. The number of hydrogen-bond acceptors (Lipinski definition) is 3. The zero-order valence-corrected chi connectivity index (χ0v) is 16.0. The maximum absolute atomic E-state index is 12.4. The van der Waals surface area contributed by atoms with Gasteiger partial charge in [-0.1, -0.05) is 18.2 Å². The van der Waals surface area contributed by atoms with E-state index in [4.69, 9.17) is 0 Å². The van der Waals surface area contributed by atoms with Gasteiger partial charge in [-0.3, -0.25) is 14.3 Å². The van der Waals surface area contributed by atoms with E-state index in [0.717, 1.165) is 18.4 Å². The second kappa shape index (κ2) is 8.07. The number of para-hydroxylation sites is 1. The van der Waals surface area contributed by atoms with Crippen LogP contribution in [0.4, 0.5) is 5.69 Å². The summed E-state index contributed by atoms with van der Waals surface area (Å²) in [7, 11) is 3.37. The lowest BCUT2D eigenvalue weighted by Gasteiger charge is -2.13. The summed E-state index contributed by atoms with van der Waals surface area (Å²) in [5.41, 5.74) is 3.19. The fourth-order valence-electron chi connectivity index (χ4n) is 3.14. The van der Waals surface area contributed by atoms with Crippen molar-refractivity contribution in [2.75, 3.05) is 19.4 Å². The van der Waals surface area contributed by atoms with Crippen molar-refractivity contribution in [3.63, 3.8) is 0 Å². The Morgan fingerprint density at radius 1 is 1.26 bits per heavy atom. The van der Waals surface area contributed by atoms with Crippen LogP contribution in [0.1, 0.15) is 35.8 Å². The average molecular weight is 367 g/mol. The number of aryl methyl sites for hydroxylation is 2. The number of nitrogens with zero attached hydrogens (tertiary/aromatic N) is 3. The maximum atomic E-state index is 12.4. The Bertz CT molecular complexity index is 954. The van der Waals surface area contributed by atoms with E-state index in [0.29, 0.717) is 24.3 Å². The molecule has 0 atom stereocenters. The molecule has 0 spiro atoms. The van der Waals surface area contributed by atoms with E-state index < -0.39 is 0 Å². The van der Waals surface area contributed by atoms with E-state index in [-0.39, 0.29) is 11.8 Å². The van der Waals surface area contributed by atoms with Gasteiger partial charge in [-0.2, -0.15) is 5.10 Å². The highest BCUT2D eigenvalue weighted by Gasteiger charge is 2.21. The number of carbonyl (C=O) groups excluding carboxylic acids is 2. The topological polar surface area (TPSA) is 83.0 Å². The number of aromatic nitrogens is 3. The third kappa shape index (κ3) is 4.02. The molecule has 27 heavy (non-hydrogen) atoms. The molecule has 0 bridgehead atoms. The molecule has 0 radical (unpaired) electrons. The van der Waals surface area contributed by atoms with Crippen LogP contribution in [0.25, 0.3) is 10.9 Å². The number of H-pyrrole nitrogens is 1. The summed E-state index contributed by atoms with van der Waals surface area (Å²) in [6.45, 7) is 2.47. The van der Waals surface area contributed by atoms with Gasteiger partial charge in [0.1, 0.15) is 5.69 Å². The molecule has 7 heteroatoms. The molecule has 2 aromatic heterocycles. The molecule has 3 rings (SSSR count). The third-order valence-electron chi connectivity index (χ3n) is 4.55. The largest absolute Gasteiger partial charge is 0.361 e. The molecular formula is C20H25N5O2. The van der Waals surface area contributed by atoms with Crippen molar-refractivity contribution in [1.29, 1.82) is 0 Å². The number of hydrogen-bond donors (Lipinski definition) is 2. The molecule has 142 valence electrons. The van der Waals surface area contributed by atoms with Gasteiger partial charge in [-0.05, 0) is 31.4 Å². The Balaban J connectivity index is 1.61. The first kappa shape index (κ1) is 18.7. The highest BCUT2D eigenvalue weighted by Crippen LogP contribution is 2.20. The van der Waals surface area contributed by atoms with E-state index in [2.05, 4.69) is 21.5 Å². The predicted molar refractivity (Wildman–Crippen MR) is 106 cm³/mol. The zero-order valence-electron chi connectivity index (χ0n) is 16.0. The highest BCUT2D eigenvalue weighted by molar-refractivity contribution is 6.02. The quantitative estimate of drug-likeness (QED) is 0.673. The van der Waals surface area contributed by atoms with E-state index in [9.17, 15) is 9.59 Å². The second-order valence-corrected chi connectivity index (χ2v) is 6.68. The molecule has 0 aliphatic heterocycles. The second-order valence-electron chi connectivity index (χ2n) is 6.68. The lowest BCUT2D eigenvalue weighted by atomic mass is 10.1. The van der Waals surface area contributed by atoms with Gasteiger partial charge in [-0.25, -0.2) is 0 Å². The van der Waals surface area contributed by atoms with E-state index in [1.807, 2.05) is 31.3 Å². The highest BCUT2D eigenvalue weighted by atomic mass is 16.2. The van der Waals surface area contributed by atoms with Crippen molar-refractivity contribution in [2.45, 2.75) is 32.7 Å². The number of anilines is 1. The molecule has 3 aromatic rings. The van der Waals surface area contributed by atoms with Crippen molar-refractivity contribution >= 4 is 28.4 Å². The monoisotopic (exact) mass is 367 g/mol. The Hall–Kier alpha value is -3.09. The number of fused-ring (bicyclic) bond motifs is 1. The minimum atomic E-state index is -0.177. The third-order valence-corrected chi connectivity index (χ3v) is 4.55. The Labute approximate surface area is 158 Å². The lowest BCUT2D eigenvalue weighted by molar-refractivity contribution is -0.116. The van der Waals surface area contributed by atoms with Gasteiger partial charge in [-0.15, -0.1) is 0 Å². The number of rotatable bonds is 7. The van der Waals surface area contributed by atoms with Crippen LogP contribution in [0.3, 0.4) is 0 Å². The van der Waals surface area contributed by atoms with Crippen molar-refractivity contribution in [2.24, 2.45) is 0 Å². The molecular weight excluding hydrogens is 342 g/mol. The Morgan fingerprint density at radius 3 is 2.78 bits per heavy atom. The molecule has 0 aliphatic carbocycles. The minimum Gasteiger partial charge on any atom is -0.361 e. The lowest BCUT2D eigenvalue weighted by Crippen LogP contribution is -2.26. The first-order valence-electron chi connectivity index (χ1n) is 9.13. The van der Waals surface area contributed by atoms with Crippen molar-refractivity contribution in [1.82, 2.24) is 19.7 Å². The van der Waals surface area contributed by atoms with Crippen LogP contribution in [-0.2, 0) is 17.8 Å². The molecule has 2 N–H and O–H groups in total.